The maximum atomic E-state index is 12.7. The summed E-state index contributed by atoms with van der Waals surface area (Å²) in [6.07, 6.45) is 2.59. The first kappa shape index (κ1) is 18.7. The van der Waals surface area contributed by atoms with Crippen LogP contribution < -0.4 is 10.2 Å². The smallest absolute Gasteiger partial charge is 0.332 e. The number of para-hydroxylation sites is 2. The Morgan fingerprint density at radius 2 is 1.79 bits per heavy atom. The number of H-pyrrole nitrogens is 1. The minimum atomic E-state index is -0.635. The SMILES string of the molecule is CC1C(=O)N(CC(=O)NCCc2c[nH]c3ccccc23)C(=O)N1c1ccccc1. The van der Waals surface area contributed by atoms with Gasteiger partial charge >= 0.3 is 6.03 Å². The van der Waals surface area contributed by atoms with Gasteiger partial charge in [0.15, 0.2) is 0 Å². The summed E-state index contributed by atoms with van der Waals surface area (Å²) in [4.78, 5) is 43.2. The number of fused-ring (bicyclic) bond motifs is 1. The van der Waals surface area contributed by atoms with E-state index < -0.39 is 12.1 Å². The van der Waals surface area contributed by atoms with Crippen molar-refractivity contribution in [3.05, 3.63) is 66.4 Å². The molecule has 29 heavy (non-hydrogen) atoms. The summed E-state index contributed by atoms with van der Waals surface area (Å²) in [5, 5.41) is 3.93. The summed E-state index contributed by atoms with van der Waals surface area (Å²) >= 11 is 0. The monoisotopic (exact) mass is 390 g/mol. The van der Waals surface area contributed by atoms with Gasteiger partial charge in [0.05, 0.1) is 0 Å². The summed E-state index contributed by atoms with van der Waals surface area (Å²) < 4.78 is 0. The number of nitrogens with zero attached hydrogens (tertiary/aromatic N) is 2. The number of hydrogen-bond donors (Lipinski definition) is 2. The summed E-state index contributed by atoms with van der Waals surface area (Å²) in [7, 11) is 0. The molecule has 0 spiro atoms. The lowest BCUT2D eigenvalue weighted by molar-refractivity contribution is -0.131. The Kier molecular flexibility index (Phi) is 5.03. The van der Waals surface area contributed by atoms with Crippen LogP contribution in [0.3, 0.4) is 0 Å². The molecule has 0 saturated carbocycles. The molecule has 0 bridgehead atoms. The number of rotatable bonds is 6. The second-order valence-electron chi connectivity index (χ2n) is 7.05. The van der Waals surface area contributed by atoms with Gasteiger partial charge in [-0.3, -0.25) is 19.4 Å². The molecule has 2 N–H and O–H groups in total. The number of hydrogen-bond acceptors (Lipinski definition) is 3. The third-order valence-corrected chi connectivity index (χ3v) is 5.18. The molecular formula is C22H22N4O3. The normalized spacial score (nSPS) is 16.7. The first-order chi connectivity index (χ1) is 14.1. The van der Waals surface area contributed by atoms with E-state index in [1.807, 2.05) is 36.5 Å². The summed E-state index contributed by atoms with van der Waals surface area (Å²) in [5.74, 6) is -0.723. The quantitative estimate of drug-likeness (QED) is 0.635. The van der Waals surface area contributed by atoms with E-state index in [1.165, 1.54) is 4.90 Å². The lowest BCUT2D eigenvalue weighted by atomic mass is 10.1. The number of imide groups is 1. The Labute approximate surface area is 168 Å². The number of benzene rings is 2. The van der Waals surface area contributed by atoms with Crippen LogP contribution in [0, 0.1) is 0 Å². The molecule has 1 unspecified atom stereocenters. The number of carbonyl (C=O) groups is 3. The van der Waals surface area contributed by atoms with E-state index in [0.717, 1.165) is 21.4 Å². The molecule has 1 atom stereocenters. The fourth-order valence-electron chi connectivity index (χ4n) is 3.67. The zero-order chi connectivity index (χ0) is 20.4. The van der Waals surface area contributed by atoms with Crippen LogP contribution in [-0.2, 0) is 16.0 Å². The van der Waals surface area contributed by atoms with Gasteiger partial charge in [-0.2, -0.15) is 0 Å². The lowest BCUT2D eigenvalue weighted by Gasteiger charge is -2.19. The average Bonchev–Trinajstić information content (AvgIpc) is 3.23. The minimum Gasteiger partial charge on any atom is -0.361 e. The van der Waals surface area contributed by atoms with E-state index >= 15 is 0 Å². The second-order valence-corrected chi connectivity index (χ2v) is 7.05. The molecule has 1 saturated heterocycles. The molecule has 0 aliphatic carbocycles. The maximum absolute atomic E-state index is 12.7. The summed E-state index contributed by atoms with van der Waals surface area (Å²) in [6, 6.07) is 15.9. The molecule has 2 heterocycles. The largest absolute Gasteiger partial charge is 0.361 e. The number of aromatic amines is 1. The Bertz CT molecular complexity index is 1060. The molecule has 148 valence electrons. The molecule has 1 fully saturated rings. The van der Waals surface area contributed by atoms with Gasteiger partial charge in [-0.25, -0.2) is 4.79 Å². The third kappa shape index (κ3) is 3.59. The van der Waals surface area contributed by atoms with Crippen LogP contribution in [0.5, 0.6) is 0 Å². The standard InChI is InChI=1S/C22H22N4O3/c1-15-21(28)25(22(29)26(15)17-7-3-2-4-8-17)14-20(27)23-12-11-16-13-24-19-10-6-5-9-18(16)19/h2-10,13,15,24H,11-12,14H2,1H3,(H,23,27). The van der Waals surface area contributed by atoms with Crippen LogP contribution in [-0.4, -0.2) is 46.9 Å². The van der Waals surface area contributed by atoms with Crippen molar-refractivity contribution in [1.82, 2.24) is 15.2 Å². The minimum absolute atomic E-state index is 0.279. The molecule has 7 heteroatoms. The topological polar surface area (TPSA) is 85.5 Å². The molecule has 2 aromatic carbocycles. The number of urea groups is 1. The highest BCUT2D eigenvalue weighted by Crippen LogP contribution is 2.25. The zero-order valence-corrected chi connectivity index (χ0v) is 16.1. The van der Waals surface area contributed by atoms with Gasteiger partial charge in [-0.05, 0) is 37.1 Å². The number of aromatic nitrogens is 1. The van der Waals surface area contributed by atoms with Crippen molar-refractivity contribution >= 4 is 34.4 Å². The average molecular weight is 390 g/mol. The van der Waals surface area contributed by atoms with Gasteiger partial charge in [0, 0.05) is 29.3 Å². The predicted octanol–water partition coefficient (Wildman–Crippen LogP) is 2.68. The van der Waals surface area contributed by atoms with Crippen molar-refractivity contribution in [2.24, 2.45) is 0 Å². The van der Waals surface area contributed by atoms with Gasteiger partial charge in [0.25, 0.3) is 5.91 Å². The van der Waals surface area contributed by atoms with Gasteiger partial charge in [-0.15, -0.1) is 0 Å². The Morgan fingerprint density at radius 1 is 1.07 bits per heavy atom. The summed E-state index contributed by atoms with van der Waals surface area (Å²) in [6.45, 7) is 1.82. The van der Waals surface area contributed by atoms with Crippen molar-refractivity contribution in [2.75, 3.05) is 18.0 Å². The van der Waals surface area contributed by atoms with Crippen LogP contribution >= 0.6 is 0 Å². The highest BCUT2D eigenvalue weighted by molar-refractivity contribution is 6.15. The molecular weight excluding hydrogens is 368 g/mol. The maximum Gasteiger partial charge on any atom is 0.332 e. The lowest BCUT2D eigenvalue weighted by Crippen LogP contribution is -2.42. The highest BCUT2D eigenvalue weighted by atomic mass is 16.2. The molecule has 4 rings (SSSR count). The van der Waals surface area contributed by atoms with Crippen LogP contribution in [0.15, 0.2) is 60.8 Å². The fourth-order valence-corrected chi connectivity index (χ4v) is 3.67. The second kappa shape index (κ2) is 7.79. The van der Waals surface area contributed by atoms with Crippen LogP contribution in [0.25, 0.3) is 10.9 Å². The van der Waals surface area contributed by atoms with E-state index in [2.05, 4.69) is 10.3 Å². The van der Waals surface area contributed by atoms with Gasteiger partial charge in [0.1, 0.15) is 12.6 Å². The third-order valence-electron chi connectivity index (χ3n) is 5.18. The van der Waals surface area contributed by atoms with Crippen molar-refractivity contribution in [3.63, 3.8) is 0 Å². The Hall–Kier alpha value is -3.61. The van der Waals surface area contributed by atoms with Crippen molar-refractivity contribution in [2.45, 2.75) is 19.4 Å². The molecule has 1 aromatic heterocycles. The van der Waals surface area contributed by atoms with E-state index in [-0.39, 0.29) is 18.4 Å². The molecule has 0 radical (unpaired) electrons. The summed E-state index contributed by atoms with van der Waals surface area (Å²) in [5.41, 5.74) is 2.80. The highest BCUT2D eigenvalue weighted by Gasteiger charge is 2.43. The zero-order valence-electron chi connectivity index (χ0n) is 16.1. The van der Waals surface area contributed by atoms with Gasteiger partial charge in [0.2, 0.25) is 5.91 Å². The van der Waals surface area contributed by atoms with E-state index in [0.29, 0.717) is 18.7 Å². The fraction of sp³-hybridized carbons (Fsp3) is 0.227. The number of anilines is 1. The van der Waals surface area contributed by atoms with E-state index in [9.17, 15) is 14.4 Å². The van der Waals surface area contributed by atoms with E-state index in [4.69, 9.17) is 0 Å². The predicted molar refractivity (Wildman–Crippen MR) is 111 cm³/mol. The van der Waals surface area contributed by atoms with Crippen molar-refractivity contribution in [1.29, 1.82) is 0 Å². The van der Waals surface area contributed by atoms with E-state index in [1.54, 1.807) is 31.2 Å². The van der Waals surface area contributed by atoms with Crippen LogP contribution in [0.1, 0.15) is 12.5 Å². The van der Waals surface area contributed by atoms with Gasteiger partial charge in [-0.1, -0.05) is 36.4 Å². The molecule has 3 aromatic rings. The molecule has 1 aliphatic rings. The number of carbonyl (C=O) groups excluding carboxylic acids is 3. The molecule has 7 nitrogen and oxygen atoms in total. The first-order valence-electron chi connectivity index (χ1n) is 9.57. The van der Waals surface area contributed by atoms with Crippen molar-refractivity contribution in [3.8, 4) is 0 Å². The first-order valence-corrected chi connectivity index (χ1v) is 9.57. The van der Waals surface area contributed by atoms with Crippen molar-refractivity contribution < 1.29 is 14.4 Å². The number of nitrogens with one attached hydrogen (secondary N) is 2. The van der Waals surface area contributed by atoms with Crippen LogP contribution in [0.2, 0.25) is 0 Å². The molecule has 4 amide bonds. The van der Waals surface area contributed by atoms with Crippen LogP contribution in [0.4, 0.5) is 10.5 Å². The Balaban J connectivity index is 1.35. The van der Waals surface area contributed by atoms with Gasteiger partial charge < -0.3 is 10.3 Å². The molecule has 1 aliphatic heterocycles. The number of amides is 4. The Morgan fingerprint density at radius 3 is 2.59 bits per heavy atom.